The van der Waals surface area contributed by atoms with Gasteiger partial charge in [-0.3, -0.25) is 23.3 Å². The van der Waals surface area contributed by atoms with Gasteiger partial charge in [-0.15, -0.1) is 0 Å². The SMILES string of the molecule is CCOC(=O)Cn1c(Cl)nc2c1c(=O)n(Cc1ccccc1Br)c(=O)n2C. The summed E-state index contributed by atoms with van der Waals surface area (Å²) in [6.45, 7) is 1.67. The number of imidazole rings is 1. The first-order valence-electron chi connectivity index (χ1n) is 8.09. The van der Waals surface area contributed by atoms with E-state index in [1.807, 2.05) is 24.3 Å². The molecule has 2 aromatic heterocycles. The number of aromatic nitrogens is 4. The van der Waals surface area contributed by atoms with Crippen LogP contribution in [-0.4, -0.2) is 31.3 Å². The molecule has 2 heterocycles. The van der Waals surface area contributed by atoms with Gasteiger partial charge in [-0.2, -0.15) is 4.98 Å². The van der Waals surface area contributed by atoms with Gasteiger partial charge in [-0.25, -0.2) is 4.79 Å². The van der Waals surface area contributed by atoms with Gasteiger partial charge < -0.3 is 4.74 Å². The van der Waals surface area contributed by atoms with Crippen LogP contribution in [0.25, 0.3) is 11.2 Å². The molecule has 142 valence electrons. The molecule has 1 aromatic carbocycles. The van der Waals surface area contributed by atoms with E-state index in [1.54, 1.807) is 6.92 Å². The summed E-state index contributed by atoms with van der Waals surface area (Å²) in [6.07, 6.45) is 0. The van der Waals surface area contributed by atoms with Crippen LogP contribution in [0.1, 0.15) is 12.5 Å². The lowest BCUT2D eigenvalue weighted by atomic mass is 10.2. The van der Waals surface area contributed by atoms with Crippen molar-refractivity contribution in [1.82, 2.24) is 18.7 Å². The van der Waals surface area contributed by atoms with Gasteiger partial charge in [0.05, 0.1) is 13.2 Å². The molecule has 27 heavy (non-hydrogen) atoms. The third-order valence-electron chi connectivity index (χ3n) is 4.06. The molecule has 0 saturated heterocycles. The molecule has 0 bridgehead atoms. The van der Waals surface area contributed by atoms with Crippen LogP contribution in [0.15, 0.2) is 38.3 Å². The smallest absolute Gasteiger partial charge is 0.332 e. The first kappa shape index (κ1) is 19.4. The number of esters is 1. The average molecular weight is 456 g/mol. The maximum atomic E-state index is 13.1. The number of aryl methyl sites for hydroxylation is 1. The van der Waals surface area contributed by atoms with Gasteiger partial charge in [0, 0.05) is 11.5 Å². The van der Waals surface area contributed by atoms with Gasteiger partial charge in [0.1, 0.15) is 6.54 Å². The summed E-state index contributed by atoms with van der Waals surface area (Å²) in [7, 11) is 1.50. The highest BCUT2D eigenvalue weighted by atomic mass is 79.9. The highest BCUT2D eigenvalue weighted by molar-refractivity contribution is 9.10. The van der Waals surface area contributed by atoms with Crippen molar-refractivity contribution >= 4 is 44.7 Å². The minimum atomic E-state index is -0.576. The zero-order valence-electron chi connectivity index (χ0n) is 14.6. The Hall–Kier alpha value is -2.39. The van der Waals surface area contributed by atoms with Gasteiger partial charge in [-0.1, -0.05) is 34.1 Å². The second kappa shape index (κ2) is 7.69. The standard InChI is InChI=1S/C17H16BrClN4O4/c1-3-27-12(24)9-22-13-14(20-16(22)19)21(2)17(26)23(15(13)25)8-10-6-4-5-7-11(10)18/h4-7H,3,8-9H2,1-2H3. The Morgan fingerprint density at radius 2 is 1.96 bits per heavy atom. The summed E-state index contributed by atoms with van der Waals surface area (Å²) < 4.78 is 9.28. The number of hydrogen-bond donors (Lipinski definition) is 0. The molecule has 0 fully saturated rings. The molecule has 0 unspecified atom stereocenters. The molecule has 3 rings (SSSR count). The number of carbonyl (C=O) groups is 1. The number of ether oxygens (including phenoxy) is 1. The molecule has 0 aliphatic rings. The Bertz CT molecular complexity index is 1150. The third-order valence-corrected chi connectivity index (χ3v) is 5.13. The Labute approximate surface area is 167 Å². The van der Waals surface area contributed by atoms with E-state index in [0.29, 0.717) is 0 Å². The van der Waals surface area contributed by atoms with Gasteiger partial charge in [0.25, 0.3) is 5.56 Å². The van der Waals surface area contributed by atoms with Crippen LogP contribution in [0.4, 0.5) is 0 Å². The lowest BCUT2D eigenvalue weighted by Gasteiger charge is -2.11. The van der Waals surface area contributed by atoms with Crippen molar-refractivity contribution < 1.29 is 9.53 Å². The number of carbonyl (C=O) groups excluding carboxylic acids is 1. The molecule has 8 nitrogen and oxygen atoms in total. The third kappa shape index (κ3) is 3.57. The fraction of sp³-hybridized carbons (Fsp3) is 0.294. The molecule has 0 spiro atoms. The number of benzene rings is 1. The summed E-state index contributed by atoms with van der Waals surface area (Å²) in [5.41, 5.74) is -0.156. The normalized spacial score (nSPS) is 11.1. The van der Waals surface area contributed by atoms with Crippen LogP contribution >= 0.6 is 27.5 Å². The summed E-state index contributed by atoms with van der Waals surface area (Å²) >= 11 is 9.53. The molecular formula is C17H16BrClN4O4. The maximum absolute atomic E-state index is 13.1. The minimum absolute atomic E-state index is 0.0606. The van der Waals surface area contributed by atoms with Crippen molar-refractivity contribution in [3.63, 3.8) is 0 Å². The zero-order chi connectivity index (χ0) is 19.7. The van der Waals surface area contributed by atoms with Crippen molar-refractivity contribution in [3.05, 3.63) is 60.4 Å². The summed E-state index contributed by atoms with van der Waals surface area (Å²) in [6, 6.07) is 7.29. The first-order chi connectivity index (χ1) is 12.8. The van der Waals surface area contributed by atoms with E-state index in [4.69, 9.17) is 16.3 Å². The van der Waals surface area contributed by atoms with Gasteiger partial charge in [0.15, 0.2) is 11.2 Å². The molecule has 0 N–H and O–H groups in total. The van der Waals surface area contributed by atoms with Crippen LogP contribution in [0, 0.1) is 0 Å². The molecule has 0 saturated carbocycles. The van der Waals surface area contributed by atoms with Crippen molar-refractivity contribution in [3.8, 4) is 0 Å². The van der Waals surface area contributed by atoms with E-state index < -0.39 is 17.2 Å². The van der Waals surface area contributed by atoms with Crippen molar-refractivity contribution in [2.75, 3.05) is 6.61 Å². The minimum Gasteiger partial charge on any atom is -0.465 e. The van der Waals surface area contributed by atoms with Crippen LogP contribution < -0.4 is 11.2 Å². The highest BCUT2D eigenvalue weighted by Gasteiger charge is 2.21. The number of nitrogens with zero attached hydrogens (tertiary/aromatic N) is 4. The second-order valence-corrected chi connectivity index (χ2v) is 6.96. The lowest BCUT2D eigenvalue weighted by molar-refractivity contribution is -0.143. The Morgan fingerprint density at radius 1 is 1.26 bits per heavy atom. The van der Waals surface area contributed by atoms with Gasteiger partial charge in [0.2, 0.25) is 5.28 Å². The summed E-state index contributed by atoms with van der Waals surface area (Å²) in [5.74, 6) is -0.552. The topological polar surface area (TPSA) is 88.1 Å². The molecule has 0 amide bonds. The molecule has 0 aliphatic heterocycles. The van der Waals surface area contributed by atoms with E-state index in [1.165, 1.54) is 16.2 Å². The first-order valence-corrected chi connectivity index (χ1v) is 9.26. The van der Waals surface area contributed by atoms with E-state index in [-0.39, 0.29) is 36.1 Å². The zero-order valence-corrected chi connectivity index (χ0v) is 17.0. The maximum Gasteiger partial charge on any atom is 0.332 e. The van der Waals surface area contributed by atoms with Crippen molar-refractivity contribution in [1.29, 1.82) is 0 Å². The Morgan fingerprint density at radius 3 is 2.63 bits per heavy atom. The van der Waals surface area contributed by atoms with E-state index in [0.717, 1.165) is 14.6 Å². The van der Waals surface area contributed by atoms with Gasteiger partial charge >= 0.3 is 11.7 Å². The molecular weight excluding hydrogens is 440 g/mol. The molecule has 0 atom stereocenters. The lowest BCUT2D eigenvalue weighted by Crippen LogP contribution is -2.40. The monoisotopic (exact) mass is 454 g/mol. The highest BCUT2D eigenvalue weighted by Crippen LogP contribution is 2.18. The molecule has 10 heteroatoms. The van der Waals surface area contributed by atoms with Crippen LogP contribution in [0.5, 0.6) is 0 Å². The largest absolute Gasteiger partial charge is 0.465 e. The van der Waals surface area contributed by atoms with E-state index in [2.05, 4.69) is 20.9 Å². The average Bonchev–Trinajstić information content (AvgIpc) is 2.95. The van der Waals surface area contributed by atoms with Crippen LogP contribution in [-0.2, 0) is 29.7 Å². The van der Waals surface area contributed by atoms with Crippen molar-refractivity contribution in [2.24, 2.45) is 7.05 Å². The fourth-order valence-corrected chi connectivity index (χ4v) is 3.40. The van der Waals surface area contributed by atoms with Crippen LogP contribution in [0.2, 0.25) is 5.28 Å². The summed E-state index contributed by atoms with van der Waals surface area (Å²) in [4.78, 5) is 41.7. The Kier molecular flexibility index (Phi) is 5.52. The number of hydrogen-bond acceptors (Lipinski definition) is 5. The Balaban J connectivity index is 2.21. The van der Waals surface area contributed by atoms with E-state index in [9.17, 15) is 14.4 Å². The number of fused-ring (bicyclic) bond motifs is 1. The van der Waals surface area contributed by atoms with Gasteiger partial charge in [-0.05, 0) is 30.2 Å². The van der Waals surface area contributed by atoms with E-state index >= 15 is 0 Å². The van der Waals surface area contributed by atoms with Crippen LogP contribution in [0.3, 0.4) is 0 Å². The second-order valence-electron chi connectivity index (χ2n) is 5.77. The predicted molar refractivity (Wildman–Crippen MR) is 104 cm³/mol. The fourth-order valence-electron chi connectivity index (χ4n) is 2.76. The number of halogens is 2. The number of rotatable bonds is 5. The molecule has 0 radical (unpaired) electrons. The summed E-state index contributed by atoms with van der Waals surface area (Å²) in [5, 5.41) is -0.0659. The molecule has 0 aliphatic carbocycles. The predicted octanol–water partition coefficient (Wildman–Crippen LogP) is 1.92. The quantitative estimate of drug-likeness (QED) is 0.433. The van der Waals surface area contributed by atoms with Crippen molar-refractivity contribution in [2.45, 2.75) is 20.0 Å². The molecule has 3 aromatic rings.